The SMILES string of the molecule is C[C@@H]1C[C@H](CC2=[N+]([O-])CCCC2)[C@H]2CCCN(C)[C@@H]2C1. The van der Waals surface area contributed by atoms with Gasteiger partial charge in [-0.25, -0.2) is 4.74 Å². The van der Waals surface area contributed by atoms with E-state index in [0.717, 1.165) is 49.6 Å². The number of hydrogen-bond donors (Lipinski definition) is 0. The van der Waals surface area contributed by atoms with Crippen LogP contribution in [0.25, 0.3) is 0 Å². The van der Waals surface area contributed by atoms with Crippen molar-refractivity contribution in [2.24, 2.45) is 17.8 Å². The second-order valence-corrected chi connectivity index (χ2v) is 7.52. The van der Waals surface area contributed by atoms with Gasteiger partial charge in [-0.15, -0.1) is 0 Å². The molecule has 0 spiro atoms. The second kappa shape index (κ2) is 6.05. The van der Waals surface area contributed by atoms with E-state index in [1.54, 1.807) is 0 Å². The number of nitrogens with zero attached hydrogens (tertiary/aromatic N) is 2. The Morgan fingerprint density at radius 2 is 2.10 bits per heavy atom. The normalized spacial score (nSPS) is 39.7. The highest BCUT2D eigenvalue weighted by Gasteiger charge is 2.41. The summed E-state index contributed by atoms with van der Waals surface area (Å²) < 4.78 is 1.32. The summed E-state index contributed by atoms with van der Waals surface area (Å²) >= 11 is 0. The monoisotopic (exact) mass is 278 g/mol. The molecule has 2 fully saturated rings. The topological polar surface area (TPSA) is 29.3 Å². The molecular formula is C17H30N2O. The zero-order chi connectivity index (χ0) is 14.1. The fraction of sp³-hybridized carbons (Fsp3) is 0.941. The summed E-state index contributed by atoms with van der Waals surface area (Å²) in [5.74, 6) is 2.43. The summed E-state index contributed by atoms with van der Waals surface area (Å²) in [4.78, 5) is 2.59. The van der Waals surface area contributed by atoms with Crippen LogP contribution < -0.4 is 0 Å². The molecule has 2 aliphatic heterocycles. The van der Waals surface area contributed by atoms with Gasteiger partial charge in [0.1, 0.15) is 0 Å². The van der Waals surface area contributed by atoms with Crippen molar-refractivity contribution in [1.82, 2.24) is 4.90 Å². The molecule has 4 atom stereocenters. The van der Waals surface area contributed by atoms with Crippen molar-refractivity contribution in [3.63, 3.8) is 0 Å². The number of fused-ring (bicyclic) bond motifs is 1. The minimum Gasteiger partial charge on any atom is -0.624 e. The fourth-order valence-electron chi connectivity index (χ4n) is 4.97. The molecule has 0 aromatic carbocycles. The quantitative estimate of drug-likeness (QED) is 0.573. The van der Waals surface area contributed by atoms with Crippen molar-refractivity contribution < 1.29 is 4.74 Å². The van der Waals surface area contributed by atoms with E-state index < -0.39 is 0 Å². The van der Waals surface area contributed by atoms with Gasteiger partial charge in [-0.3, -0.25) is 0 Å². The molecule has 0 bridgehead atoms. The van der Waals surface area contributed by atoms with E-state index in [1.807, 2.05) is 0 Å². The van der Waals surface area contributed by atoms with E-state index in [-0.39, 0.29) is 0 Å². The summed E-state index contributed by atoms with van der Waals surface area (Å²) in [5, 5.41) is 12.0. The zero-order valence-corrected chi connectivity index (χ0v) is 13.2. The van der Waals surface area contributed by atoms with Crippen LogP contribution in [0.4, 0.5) is 0 Å². The Labute approximate surface area is 123 Å². The number of piperidine rings is 1. The lowest BCUT2D eigenvalue weighted by Gasteiger charge is -2.48. The molecule has 20 heavy (non-hydrogen) atoms. The second-order valence-electron chi connectivity index (χ2n) is 7.52. The third-order valence-electron chi connectivity index (χ3n) is 5.99. The predicted octanol–water partition coefficient (Wildman–Crippen LogP) is 3.27. The Morgan fingerprint density at radius 1 is 1.25 bits per heavy atom. The largest absolute Gasteiger partial charge is 0.624 e. The maximum atomic E-state index is 12.0. The summed E-state index contributed by atoms with van der Waals surface area (Å²) in [7, 11) is 2.31. The molecule has 0 N–H and O–H groups in total. The standard InChI is InChI=1S/C17H30N2O/c1-13-10-14(12-15-6-3-4-9-19(15)20)16-7-5-8-18(2)17(16)11-13/h13-14,16-17H,3-12H2,1-2H3/t13-,14-,16-,17-/m1/s1. The van der Waals surface area contributed by atoms with E-state index in [4.69, 9.17) is 0 Å². The van der Waals surface area contributed by atoms with Crippen LogP contribution in [0.15, 0.2) is 0 Å². The number of hydroxylamine groups is 1. The molecular weight excluding hydrogens is 248 g/mol. The van der Waals surface area contributed by atoms with Crippen molar-refractivity contribution in [3.05, 3.63) is 5.21 Å². The lowest BCUT2D eigenvalue weighted by molar-refractivity contribution is -0.465. The lowest BCUT2D eigenvalue weighted by atomic mass is 9.66. The summed E-state index contributed by atoms with van der Waals surface area (Å²) in [5.41, 5.74) is 1.21. The minimum atomic E-state index is 0.742. The zero-order valence-electron chi connectivity index (χ0n) is 13.2. The van der Waals surface area contributed by atoms with Gasteiger partial charge in [-0.1, -0.05) is 6.92 Å². The molecule has 1 aliphatic carbocycles. The van der Waals surface area contributed by atoms with Crippen LogP contribution >= 0.6 is 0 Å². The molecule has 0 unspecified atom stereocenters. The summed E-state index contributed by atoms with van der Waals surface area (Å²) in [6, 6.07) is 0.779. The van der Waals surface area contributed by atoms with Crippen molar-refractivity contribution >= 4 is 5.71 Å². The van der Waals surface area contributed by atoms with Gasteiger partial charge >= 0.3 is 0 Å². The van der Waals surface area contributed by atoms with E-state index in [1.165, 1.54) is 49.1 Å². The van der Waals surface area contributed by atoms with E-state index in [0.29, 0.717) is 0 Å². The molecule has 3 heteroatoms. The molecule has 2 heterocycles. The molecule has 3 rings (SSSR count). The van der Waals surface area contributed by atoms with Gasteiger partial charge < -0.3 is 10.1 Å². The number of likely N-dealkylation sites (tertiary alicyclic amines) is 1. The van der Waals surface area contributed by atoms with Gasteiger partial charge in [-0.2, -0.15) is 0 Å². The van der Waals surface area contributed by atoms with E-state index in [2.05, 4.69) is 18.9 Å². The van der Waals surface area contributed by atoms with Crippen molar-refractivity contribution in [2.75, 3.05) is 20.1 Å². The first-order chi connectivity index (χ1) is 9.65. The highest BCUT2D eigenvalue weighted by Crippen LogP contribution is 2.43. The molecule has 0 aromatic rings. The van der Waals surface area contributed by atoms with Gasteiger partial charge in [-0.05, 0) is 63.5 Å². The number of rotatable bonds is 2. The molecule has 0 aromatic heterocycles. The van der Waals surface area contributed by atoms with Crippen LogP contribution in [0.1, 0.15) is 58.3 Å². The Kier molecular flexibility index (Phi) is 4.34. The molecule has 3 aliphatic rings. The average Bonchev–Trinajstić information content (AvgIpc) is 2.42. The third kappa shape index (κ3) is 2.88. The average molecular weight is 278 g/mol. The molecule has 114 valence electrons. The van der Waals surface area contributed by atoms with Crippen LogP contribution in [0.2, 0.25) is 0 Å². The number of hydrogen-bond acceptors (Lipinski definition) is 2. The molecule has 1 saturated carbocycles. The third-order valence-corrected chi connectivity index (χ3v) is 5.99. The van der Waals surface area contributed by atoms with E-state index >= 15 is 0 Å². The Balaban J connectivity index is 1.73. The molecule has 1 saturated heterocycles. The van der Waals surface area contributed by atoms with Gasteiger partial charge in [0.2, 0.25) is 0 Å². The molecule has 0 amide bonds. The van der Waals surface area contributed by atoms with Crippen molar-refractivity contribution in [3.8, 4) is 0 Å². The van der Waals surface area contributed by atoms with Gasteiger partial charge in [0, 0.05) is 25.3 Å². The fourth-order valence-corrected chi connectivity index (χ4v) is 4.97. The Hall–Kier alpha value is -0.570. The van der Waals surface area contributed by atoms with Crippen LogP contribution in [0, 0.1) is 23.0 Å². The molecule has 3 nitrogen and oxygen atoms in total. The first-order valence-corrected chi connectivity index (χ1v) is 8.64. The Bertz CT molecular complexity index is 379. The smallest absolute Gasteiger partial charge is 0.163 e. The van der Waals surface area contributed by atoms with Crippen molar-refractivity contribution in [2.45, 2.75) is 64.3 Å². The maximum Gasteiger partial charge on any atom is 0.163 e. The van der Waals surface area contributed by atoms with Gasteiger partial charge in [0.05, 0.1) is 0 Å². The van der Waals surface area contributed by atoms with Crippen molar-refractivity contribution in [1.29, 1.82) is 0 Å². The minimum absolute atomic E-state index is 0.742. The van der Waals surface area contributed by atoms with Crippen LogP contribution in [-0.2, 0) is 0 Å². The van der Waals surface area contributed by atoms with E-state index in [9.17, 15) is 5.21 Å². The van der Waals surface area contributed by atoms with Gasteiger partial charge in [0.15, 0.2) is 12.3 Å². The highest BCUT2D eigenvalue weighted by molar-refractivity contribution is 5.80. The maximum absolute atomic E-state index is 12.0. The summed E-state index contributed by atoms with van der Waals surface area (Å²) in [6.45, 7) is 4.42. The molecule has 0 radical (unpaired) electrons. The van der Waals surface area contributed by atoms with Gasteiger partial charge in [0.25, 0.3) is 0 Å². The van der Waals surface area contributed by atoms with Crippen LogP contribution in [-0.4, -0.2) is 41.5 Å². The summed E-state index contributed by atoms with van der Waals surface area (Å²) in [6.07, 6.45) is 9.90. The predicted molar refractivity (Wildman–Crippen MR) is 83.0 cm³/mol. The first-order valence-electron chi connectivity index (χ1n) is 8.64. The lowest BCUT2D eigenvalue weighted by Crippen LogP contribution is -2.50. The highest BCUT2D eigenvalue weighted by atomic mass is 16.5. The Morgan fingerprint density at radius 3 is 2.90 bits per heavy atom. The first kappa shape index (κ1) is 14.4. The van der Waals surface area contributed by atoms with Crippen LogP contribution in [0.5, 0.6) is 0 Å². The van der Waals surface area contributed by atoms with Crippen LogP contribution in [0.3, 0.4) is 0 Å².